The summed E-state index contributed by atoms with van der Waals surface area (Å²) in [5, 5.41) is 10.4. The van der Waals surface area contributed by atoms with E-state index in [-0.39, 0.29) is 11.3 Å². The van der Waals surface area contributed by atoms with Crippen molar-refractivity contribution in [3.63, 3.8) is 0 Å². The van der Waals surface area contributed by atoms with Crippen molar-refractivity contribution < 1.29 is 14.6 Å². The first-order valence-electron chi connectivity index (χ1n) is 7.49. The van der Waals surface area contributed by atoms with Crippen molar-refractivity contribution in [2.75, 3.05) is 20.2 Å². The van der Waals surface area contributed by atoms with Crippen LogP contribution in [0.4, 0.5) is 0 Å². The second-order valence-electron chi connectivity index (χ2n) is 6.44. The highest BCUT2D eigenvalue weighted by atomic mass is 16.5. The number of aliphatic hydroxyl groups is 1. The predicted octanol–water partition coefficient (Wildman–Crippen LogP) is 1.86. The number of rotatable bonds is 2. The van der Waals surface area contributed by atoms with Gasteiger partial charge in [0.05, 0.1) is 18.3 Å². The van der Waals surface area contributed by atoms with Crippen molar-refractivity contribution >= 4 is 5.91 Å². The Kier molecular flexibility index (Phi) is 3.40. The van der Waals surface area contributed by atoms with Crippen molar-refractivity contribution in [3.05, 3.63) is 23.9 Å². The van der Waals surface area contributed by atoms with Crippen LogP contribution in [0.3, 0.4) is 0 Å². The molecule has 0 aromatic carbocycles. The van der Waals surface area contributed by atoms with Gasteiger partial charge in [0.2, 0.25) is 5.88 Å². The standard InChI is InChI=1S/C16H22N2O3/c1-15(20)5-6-16(15)7-9-18(10-8-16)14(19)12-3-4-13(21-2)17-11-12/h3-4,11,20H,5-10H2,1-2H3. The molecule has 21 heavy (non-hydrogen) atoms. The summed E-state index contributed by atoms with van der Waals surface area (Å²) in [5.74, 6) is 0.522. The molecule has 1 aliphatic heterocycles. The summed E-state index contributed by atoms with van der Waals surface area (Å²) in [6.45, 7) is 3.35. The molecule has 0 bridgehead atoms. The van der Waals surface area contributed by atoms with E-state index in [1.807, 2.05) is 11.8 Å². The van der Waals surface area contributed by atoms with Crippen LogP contribution < -0.4 is 4.74 Å². The van der Waals surface area contributed by atoms with Gasteiger partial charge in [0.25, 0.3) is 5.91 Å². The molecular weight excluding hydrogens is 268 g/mol. The average Bonchev–Trinajstić information content (AvgIpc) is 2.53. The number of methoxy groups -OCH3 is 1. The quantitative estimate of drug-likeness (QED) is 0.903. The van der Waals surface area contributed by atoms with Crippen LogP contribution in [-0.4, -0.2) is 46.7 Å². The lowest BCUT2D eigenvalue weighted by Crippen LogP contribution is -2.60. The van der Waals surface area contributed by atoms with E-state index in [0.717, 1.165) is 25.7 Å². The van der Waals surface area contributed by atoms with E-state index in [4.69, 9.17) is 4.74 Å². The lowest BCUT2D eigenvalue weighted by molar-refractivity contribution is -0.174. The molecule has 1 saturated heterocycles. The van der Waals surface area contributed by atoms with Crippen molar-refractivity contribution in [3.8, 4) is 5.88 Å². The minimum atomic E-state index is -0.552. The Morgan fingerprint density at radius 3 is 2.43 bits per heavy atom. The van der Waals surface area contributed by atoms with Crippen LogP contribution in [0, 0.1) is 5.41 Å². The summed E-state index contributed by atoms with van der Waals surface area (Å²) in [5.41, 5.74) is 0.0678. The zero-order chi connectivity index (χ0) is 15.1. The van der Waals surface area contributed by atoms with E-state index >= 15 is 0 Å². The van der Waals surface area contributed by atoms with Crippen LogP contribution in [-0.2, 0) is 0 Å². The average molecular weight is 290 g/mol. The Labute approximate surface area is 124 Å². The van der Waals surface area contributed by atoms with Crippen LogP contribution in [0.15, 0.2) is 18.3 Å². The Hall–Kier alpha value is -1.62. The molecular formula is C16H22N2O3. The van der Waals surface area contributed by atoms with Gasteiger partial charge in [-0.3, -0.25) is 4.79 Å². The van der Waals surface area contributed by atoms with Crippen molar-refractivity contribution in [1.29, 1.82) is 0 Å². The lowest BCUT2D eigenvalue weighted by Gasteiger charge is -2.58. The molecule has 3 rings (SSSR count). The lowest BCUT2D eigenvalue weighted by atomic mass is 9.53. The Balaban J connectivity index is 1.65. The molecule has 1 amide bonds. The van der Waals surface area contributed by atoms with Crippen molar-refractivity contribution in [2.45, 2.75) is 38.2 Å². The zero-order valence-electron chi connectivity index (χ0n) is 12.6. The highest BCUT2D eigenvalue weighted by Gasteiger charge is 2.55. The SMILES string of the molecule is COc1ccc(C(=O)N2CCC3(CC2)CCC3(C)O)cn1. The predicted molar refractivity (Wildman–Crippen MR) is 78.2 cm³/mol. The highest BCUT2D eigenvalue weighted by molar-refractivity contribution is 5.94. The number of carbonyl (C=O) groups excluding carboxylic acids is 1. The molecule has 5 nitrogen and oxygen atoms in total. The van der Waals surface area contributed by atoms with Gasteiger partial charge in [-0.15, -0.1) is 0 Å². The van der Waals surface area contributed by atoms with Gasteiger partial charge in [0.15, 0.2) is 0 Å². The number of carbonyl (C=O) groups is 1. The normalized spacial score (nSPS) is 27.3. The highest BCUT2D eigenvalue weighted by Crippen LogP contribution is 2.56. The van der Waals surface area contributed by atoms with Gasteiger partial charge < -0.3 is 14.7 Å². The molecule has 1 aromatic heterocycles. The van der Waals surface area contributed by atoms with E-state index in [2.05, 4.69) is 4.98 Å². The smallest absolute Gasteiger partial charge is 0.255 e. The number of hydrogen-bond acceptors (Lipinski definition) is 4. The third-order valence-corrected chi connectivity index (χ3v) is 5.43. The molecule has 114 valence electrons. The van der Waals surface area contributed by atoms with Gasteiger partial charge in [-0.05, 0) is 38.7 Å². The summed E-state index contributed by atoms with van der Waals surface area (Å²) in [4.78, 5) is 18.4. The molecule has 1 aliphatic carbocycles. The Bertz CT molecular complexity index is 531. The molecule has 0 radical (unpaired) electrons. The maximum absolute atomic E-state index is 12.5. The zero-order valence-corrected chi connectivity index (χ0v) is 12.6. The number of aromatic nitrogens is 1. The number of hydrogen-bond donors (Lipinski definition) is 1. The third kappa shape index (κ3) is 2.29. The van der Waals surface area contributed by atoms with E-state index in [9.17, 15) is 9.90 Å². The van der Waals surface area contributed by atoms with Crippen molar-refractivity contribution in [2.24, 2.45) is 5.41 Å². The van der Waals surface area contributed by atoms with Crippen LogP contribution in [0.2, 0.25) is 0 Å². The third-order valence-electron chi connectivity index (χ3n) is 5.43. The maximum Gasteiger partial charge on any atom is 0.255 e. The monoisotopic (exact) mass is 290 g/mol. The molecule has 2 fully saturated rings. The molecule has 2 heterocycles. The van der Waals surface area contributed by atoms with Gasteiger partial charge in [-0.25, -0.2) is 4.98 Å². The molecule has 1 aromatic rings. The first-order chi connectivity index (χ1) is 9.97. The van der Waals surface area contributed by atoms with Gasteiger partial charge in [0, 0.05) is 30.8 Å². The van der Waals surface area contributed by atoms with Crippen LogP contribution in [0.5, 0.6) is 5.88 Å². The van der Waals surface area contributed by atoms with Crippen LogP contribution in [0.1, 0.15) is 43.0 Å². The number of amides is 1. The number of likely N-dealkylation sites (tertiary alicyclic amines) is 1. The number of pyridine rings is 1. The summed E-state index contributed by atoms with van der Waals surface area (Å²) in [6, 6.07) is 3.45. The number of ether oxygens (including phenoxy) is 1. The fourth-order valence-corrected chi connectivity index (χ4v) is 3.58. The van der Waals surface area contributed by atoms with E-state index < -0.39 is 5.60 Å². The molecule has 2 aliphatic rings. The molecule has 5 heteroatoms. The molecule has 1 atom stereocenters. The largest absolute Gasteiger partial charge is 0.481 e. The van der Waals surface area contributed by atoms with Crippen LogP contribution in [0.25, 0.3) is 0 Å². The van der Waals surface area contributed by atoms with E-state index in [1.165, 1.54) is 0 Å². The summed E-state index contributed by atoms with van der Waals surface area (Å²) >= 11 is 0. The second kappa shape index (κ2) is 4.98. The minimum absolute atomic E-state index is 0.0129. The Morgan fingerprint density at radius 1 is 1.29 bits per heavy atom. The van der Waals surface area contributed by atoms with Crippen LogP contribution >= 0.6 is 0 Å². The summed E-state index contributed by atoms with van der Waals surface area (Å²) in [7, 11) is 1.55. The van der Waals surface area contributed by atoms with Gasteiger partial charge >= 0.3 is 0 Å². The van der Waals surface area contributed by atoms with E-state index in [1.54, 1.807) is 25.4 Å². The Morgan fingerprint density at radius 2 is 2.00 bits per heavy atom. The molecule has 1 saturated carbocycles. The summed E-state index contributed by atoms with van der Waals surface area (Å²) < 4.78 is 5.00. The fourth-order valence-electron chi connectivity index (χ4n) is 3.58. The number of nitrogens with zero attached hydrogens (tertiary/aromatic N) is 2. The first kappa shape index (κ1) is 14.3. The second-order valence-corrected chi connectivity index (χ2v) is 6.44. The maximum atomic E-state index is 12.5. The molecule has 1 unspecified atom stereocenters. The fraction of sp³-hybridized carbons (Fsp3) is 0.625. The topological polar surface area (TPSA) is 62.7 Å². The molecule has 1 spiro atoms. The summed E-state index contributed by atoms with van der Waals surface area (Å²) in [6.07, 6.45) is 5.28. The first-order valence-corrected chi connectivity index (χ1v) is 7.49. The van der Waals surface area contributed by atoms with Gasteiger partial charge in [0.1, 0.15) is 0 Å². The number of piperidine rings is 1. The van der Waals surface area contributed by atoms with Gasteiger partial charge in [-0.1, -0.05) is 0 Å². The minimum Gasteiger partial charge on any atom is -0.481 e. The molecule has 1 N–H and O–H groups in total. The van der Waals surface area contributed by atoms with Gasteiger partial charge in [-0.2, -0.15) is 0 Å². The van der Waals surface area contributed by atoms with Crippen molar-refractivity contribution in [1.82, 2.24) is 9.88 Å². The van der Waals surface area contributed by atoms with E-state index in [0.29, 0.717) is 24.5 Å².